The van der Waals surface area contributed by atoms with Crippen LogP contribution in [0.2, 0.25) is 0 Å². The molecule has 11 heteroatoms. The molecule has 3 aromatic carbocycles. The maximum Gasteiger partial charge on any atom is 0.310 e. The van der Waals surface area contributed by atoms with E-state index in [0.717, 1.165) is 11.3 Å². The van der Waals surface area contributed by atoms with Gasteiger partial charge in [-0.3, -0.25) is 19.7 Å². The summed E-state index contributed by atoms with van der Waals surface area (Å²) >= 11 is 1.36. The number of nitro groups is 1. The van der Waals surface area contributed by atoms with Gasteiger partial charge in [0.15, 0.2) is 5.75 Å². The Morgan fingerprint density at radius 3 is 2.45 bits per heavy atom. The Labute approximate surface area is 221 Å². The van der Waals surface area contributed by atoms with Crippen LogP contribution in [0.15, 0.2) is 60.0 Å². The van der Waals surface area contributed by atoms with E-state index in [1.165, 1.54) is 24.5 Å². The predicted molar refractivity (Wildman–Crippen MR) is 145 cm³/mol. The van der Waals surface area contributed by atoms with E-state index in [2.05, 4.69) is 15.6 Å². The average molecular weight is 530 g/mol. The molecular weight excluding hydrogens is 506 g/mol. The summed E-state index contributed by atoms with van der Waals surface area (Å²) < 4.78 is 5.20. The molecule has 1 atom stereocenters. The number of fused-ring (bicyclic) bond motifs is 2. The van der Waals surface area contributed by atoms with E-state index < -0.39 is 16.2 Å². The van der Waals surface area contributed by atoms with Crippen molar-refractivity contribution in [3.63, 3.8) is 0 Å². The highest BCUT2D eigenvalue weighted by Crippen LogP contribution is 2.41. The number of amides is 2. The molecule has 10 nitrogen and oxygen atoms in total. The number of benzene rings is 3. The van der Waals surface area contributed by atoms with Gasteiger partial charge in [-0.25, -0.2) is 4.98 Å². The summed E-state index contributed by atoms with van der Waals surface area (Å²) in [7, 11) is 1.37. The number of carbonyl (C=O) groups excluding carboxylic acids is 2. The van der Waals surface area contributed by atoms with Crippen molar-refractivity contribution in [1.82, 2.24) is 4.98 Å². The van der Waals surface area contributed by atoms with E-state index in [0.29, 0.717) is 38.8 Å². The molecule has 5 rings (SSSR count). The van der Waals surface area contributed by atoms with Gasteiger partial charge in [0, 0.05) is 17.1 Å². The molecule has 38 heavy (non-hydrogen) atoms. The number of nitrogens with two attached hydrogens (primary N) is 1. The fourth-order valence-electron chi connectivity index (χ4n) is 4.39. The van der Waals surface area contributed by atoms with Gasteiger partial charge < -0.3 is 21.1 Å². The standard InChI is InChI=1S/C27H23N5O5S/c1-14-13-38-26(29-14)27(2,25(28)34)17-6-8-19-21(12-17)30-20-10-15(4-7-18(20)24(33)31-19)16-5-9-22(32(35)36)23(11-16)37-3/h4-13,30H,1-3H3,(H2,28,34)(H,31,33). The zero-order valence-corrected chi connectivity index (χ0v) is 21.5. The Balaban J connectivity index is 1.58. The quantitative estimate of drug-likeness (QED) is 0.231. The molecule has 0 spiro atoms. The lowest BCUT2D eigenvalue weighted by Crippen LogP contribution is -2.39. The van der Waals surface area contributed by atoms with Crippen LogP contribution < -0.4 is 21.1 Å². The van der Waals surface area contributed by atoms with Crippen LogP contribution in [-0.2, 0) is 10.2 Å². The van der Waals surface area contributed by atoms with Crippen molar-refractivity contribution in [2.24, 2.45) is 5.73 Å². The fourth-order valence-corrected chi connectivity index (χ4v) is 5.38. The second-order valence-electron chi connectivity index (χ2n) is 9.03. The van der Waals surface area contributed by atoms with E-state index in [-0.39, 0.29) is 17.3 Å². The van der Waals surface area contributed by atoms with Gasteiger partial charge in [0.2, 0.25) is 5.91 Å². The smallest absolute Gasteiger partial charge is 0.310 e. The Hall–Kier alpha value is -4.77. The molecule has 0 fully saturated rings. The highest BCUT2D eigenvalue weighted by atomic mass is 32.1. The van der Waals surface area contributed by atoms with Gasteiger partial charge >= 0.3 is 5.69 Å². The first-order chi connectivity index (χ1) is 18.1. The van der Waals surface area contributed by atoms with Crippen molar-refractivity contribution in [2.45, 2.75) is 19.3 Å². The number of methoxy groups -OCH3 is 1. The van der Waals surface area contributed by atoms with Crippen molar-refractivity contribution < 1.29 is 19.2 Å². The number of carbonyl (C=O) groups is 2. The number of nitrogens with one attached hydrogen (secondary N) is 2. The Bertz CT molecular complexity index is 1630. The summed E-state index contributed by atoms with van der Waals surface area (Å²) in [6, 6.07) is 15.1. The molecule has 1 aliphatic heterocycles. The third-order valence-corrected chi connectivity index (χ3v) is 7.81. The van der Waals surface area contributed by atoms with Crippen LogP contribution in [0.25, 0.3) is 11.1 Å². The maximum absolute atomic E-state index is 13.0. The molecule has 1 aromatic heterocycles. The summed E-state index contributed by atoms with van der Waals surface area (Å²) in [4.78, 5) is 41.0. The molecule has 0 saturated carbocycles. The highest BCUT2D eigenvalue weighted by molar-refractivity contribution is 7.10. The first kappa shape index (κ1) is 24.9. The maximum atomic E-state index is 13.0. The number of thiazole rings is 1. The molecule has 0 saturated heterocycles. The summed E-state index contributed by atoms with van der Waals surface area (Å²) in [6.45, 7) is 3.59. The minimum atomic E-state index is -1.17. The third-order valence-electron chi connectivity index (χ3n) is 6.63. The monoisotopic (exact) mass is 529 g/mol. The van der Waals surface area contributed by atoms with Crippen LogP contribution in [-0.4, -0.2) is 28.8 Å². The first-order valence-electron chi connectivity index (χ1n) is 11.5. The number of anilines is 3. The summed E-state index contributed by atoms with van der Waals surface area (Å²) in [6.07, 6.45) is 0. The van der Waals surface area contributed by atoms with E-state index in [9.17, 15) is 19.7 Å². The number of aromatic nitrogens is 1. The van der Waals surface area contributed by atoms with Gasteiger partial charge in [-0.05, 0) is 66.9 Å². The van der Waals surface area contributed by atoms with Gasteiger partial charge in [-0.1, -0.05) is 12.1 Å². The van der Waals surface area contributed by atoms with E-state index in [1.54, 1.807) is 55.5 Å². The lowest BCUT2D eigenvalue weighted by atomic mass is 9.82. The van der Waals surface area contributed by atoms with Crippen LogP contribution in [0.4, 0.5) is 22.7 Å². The van der Waals surface area contributed by atoms with Crippen molar-refractivity contribution in [2.75, 3.05) is 17.7 Å². The number of primary amides is 1. The van der Waals surface area contributed by atoms with Gasteiger partial charge in [-0.15, -0.1) is 11.3 Å². The number of aryl methyl sites for hydroxylation is 1. The van der Waals surface area contributed by atoms with Crippen LogP contribution in [0, 0.1) is 17.0 Å². The van der Waals surface area contributed by atoms with Crippen molar-refractivity contribution in [3.05, 3.63) is 91.9 Å². The Morgan fingerprint density at radius 1 is 1.05 bits per heavy atom. The minimum Gasteiger partial charge on any atom is -0.490 e. The number of nitro benzene ring substituents is 1. The number of hydrogen-bond acceptors (Lipinski definition) is 8. The van der Waals surface area contributed by atoms with Crippen molar-refractivity contribution in [3.8, 4) is 16.9 Å². The highest BCUT2D eigenvalue weighted by Gasteiger charge is 2.39. The Kier molecular flexibility index (Phi) is 6.08. The second-order valence-corrected chi connectivity index (χ2v) is 9.88. The molecule has 2 heterocycles. The van der Waals surface area contributed by atoms with Gasteiger partial charge in [-0.2, -0.15) is 0 Å². The molecule has 1 aliphatic rings. The van der Waals surface area contributed by atoms with Gasteiger partial charge in [0.25, 0.3) is 5.91 Å². The van der Waals surface area contributed by atoms with E-state index in [4.69, 9.17) is 10.5 Å². The van der Waals surface area contributed by atoms with Gasteiger partial charge in [0.05, 0.1) is 34.7 Å². The summed E-state index contributed by atoms with van der Waals surface area (Å²) in [5.41, 5.74) is 9.42. The normalized spacial score (nSPS) is 13.7. The molecule has 0 radical (unpaired) electrons. The number of hydrogen-bond donors (Lipinski definition) is 3. The van der Waals surface area contributed by atoms with Crippen LogP contribution in [0.1, 0.15) is 33.5 Å². The molecule has 192 valence electrons. The molecule has 1 unspecified atom stereocenters. The van der Waals surface area contributed by atoms with E-state index in [1.807, 2.05) is 12.3 Å². The molecule has 0 aliphatic carbocycles. The molecule has 2 amide bonds. The lowest BCUT2D eigenvalue weighted by Gasteiger charge is -2.25. The lowest BCUT2D eigenvalue weighted by molar-refractivity contribution is -0.385. The summed E-state index contributed by atoms with van der Waals surface area (Å²) in [5, 5.41) is 19.9. The molecular formula is C27H23N5O5S. The van der Waals surface area contributed by atoms with Crippen molar-refractivity contribution in [1.29, 1.82) is 0 Å². The minimum absolute atomic E-state index is 0.131. The van der Waals surface area contributed by atoms with Gasteiger partial charge in [0.1, 0.15) is 10.4 Å². The topological polar surface area (TPSA) is 149 Å². The van der Waals surface area contributed by atoms with Crippen LogP contribution >= 0.6 is 11.3 Å². The number of rotatable bonds is 6. The fraction of sp³-hybridized carbons (Fsp3) is 0.148. The SMILES string of the molecule is COc1cc(-c2ccc3c(c2)Nc2cc(C(C)(C(N)=O)c4nc(C)cs4)ccc2NC3=O)ccc1[N+](=O)[O-]. The van der Waals surface area contributed by atoms with Crippen LogP contribution in [0.5, 0.6) is 5.75 Å². The Morgan fingerprint density at radius 2 is 1.79 bits per heavy atom. The van der Waals surface area contributed by atoms with Crippen LogP contribution in [0.3, 0.4) is 0 Å². The molecule has 4 aromatic rings. The number of nitrogens with zero attached hydrogens (tertiary/aromatic N) is 2. The second kappa shape index (κ2) is 9.27. The van der Waals surface area contributed by atoms with Crippen molar-refractivity contribution >= 4 is 45.9 Å². The zero-order chi connectivity index (χ0) is 27.2. The third kappa shape index (κ3) is 4.12. The molecule has 4 N–H and O–H groups in total. The first-order valence-corrected chi connectivity index (χ1v) is 12.4. The largest absolute Gasteiger partial charge is 0.490 e. The number of ether oxygens (including phenoxy) is 1. The predicted octanol–water partition coefficient (Wildman–Crippen LogP) is 5.14. The zero-order valence-electron chi connectivity index (χ0n) is 20.7. The average Bonchev–Trinajstić information content (AvgIpc) is 3.29. The molecule has 0 bridgehead atoms. The van der Waals surface area contributed by atoms with E-state index >= 15 is 0 Å². The summed E-state index contributed by atoms with van der Waals surface area (Å²) in [5.74, 6) is -0.717.